The molecule has 0 N–H and O–H groups in total. The van der Waals surface area contributed by atoms with Crippen molar-refractivity contribution < 1.29 is 4.79 Å². The lowest BCUT2D eigenvalue weighted by Gasteiger charge is -2.31. The number of Topliss-reactive ketones (excluding diaryl/α,β-unsaturated/α-hetero) is 1. The quantitative estimate of drug-likeness (QED) is 0.815. The second-order valence-electron chi connectivity index (χ2n) is 6.11. The van der Waals surface area contributed by atoms with Gasteiger partial charge in [0.05, 0.1) is 5.69 Å². The third-order valence-electron chi connectivity index (χ3n) is 4.87. The van der Waals surface area contributed by atoms with Crippen molar-refractivity contribution in [2.45, 2.75) is 19.8 Å². The van der Waals surface area contributed by atoms with Crippen molar-refractivity contribution in [3.63, 3.8) is 0 Å². The smallest absolute Gasteiger partial charge is 0.186 e. The molecule has 0 radical (unpaired) electrons. The molecule has 2 heterocycles. The van der Waals surface area contributed by atoms with E-state index in [-0.39, 0.29) is 11.7 Å². The number of carbonyl (C=O) groups is 1. The molecule has 1 atom stereocenters. The Morgan fingerprint density at radius 3 is 2.74 bits per heavy atom. The molecule has 0 saturated carbocycles. The van der Waals surface area contributed by atoms with Crippen molar-refractivity contribution in [2.75, 3.05) is 13.6 Å². The van der Waals surface area contributed by atoms with E-state index >= 15 is 0 Å². The number of ketones is 1. The van der Waals surface area contributed by atoms with Gasteiger partial charge < -0.3 is 9.47 Å². The van der Waals surface area contributed by atoms with Crippen LogP contribution in [-0.4, -0.2) is 28.8 Å². The van der Waals surface area contributed by atoms with Gasteiger partial charge in [0.2, 0.25) is 0 Å². The zero-order chi connectivity index (χ0) is 16.6. The molecule has 0 bridgehead atoms. The number of hydrogen-bond acceptors (Lipinski definition) is 3. The highest BCUT2D eigenvalue weighted by molar-refractivity contribution is 6.02. The fourth-order valence-corrected chi connectivity index (χ4v) is 3.58. The predicted octanol–water partition coefficient (Wildman–Crippen LogP) is 3.50. The van der Waals surface area contributed by atoms with Gasteiger partial charge in [0, 0.05) is 37.5 Å². The van der Waals surface area contributed by atoms with E-state index in [9.17, 15) is 10.1 Å². The Hall–Kier alpha value is -2.54. The third kappa shape index (κ3) is 2.43. The molecule has 0 amide bonds. The van der Waals surface area contributed by atoms with E-state index in [0.29, 0.717) is 5.70 Å². The van der Waals surface area contributed by atoms with Crippen molar-refractivity contribution in [3.05, 3.63) is 47.3 Å². The second-order valence-corrected chi connectivity index (χ2v) is 6.11. The van der Waals surface area contributed by atoms with Crippen LogP contribution in [0.4, 0.5) is 0 Å². The standard InChI is InChI=1S/C19H21N3O/c1-4-14-15(9-10-21(2)18(14)12-20)19(23)17-11-13-7-5-6-8-16(13)22(17)3/h5-8,11,15H,4,9-10H2,1-3H3. The summed E-state index contributed by atoms with van der Waals surface area (Å²) in [6.07, 6.45) is 1.50. The fourth-order valence-electron chi connectivity index (χ4n) is 3.58. The predicted molar refractivity (Wildman–Crippen MR) is 90.9 cm³/mol. The number of allylic oxidation sites excluding steroid dienone is 2. The summed E-state index contributed by atoms with van der Waals surface area (Å²) < 4.78 is 1.97. The first-order valence-electron chi connectivity index (χ1n) is 8.01. The molecule has 4 nitrogen and oxygen atoms in total. The van der Waals surface area contributed by atoms with Crippen LogP contribution in [0.3, 0.4) is 0 Å². The lowest BCUT2D eigenvalue weighted by molar-refractivity contribution is 0.0910. The van der Waals surface area contributed by atoms with Gasteiger partial charge in [-0.05, 0) is 30.5 Å². The number of fused-ring (bicyclic) bond motifs is 1. The van der Waals surface area contributed by atoms with Crippen LogP contribution in [0.2, 0.25) is 0 Å². The topological polar surface area (TPSA) is 49.0 Å². The molecule has 0 aliphatic carbocycles. The molecule has 23 heavy (non-hydrogen) atoms. The van der Waals surface area contributed by atoms with E-state index in [1.54, 1.807) is 0 Å². The van der Waals surface area contributed by atoms with Gasteiger partial charge >= 0.3 is 0 Å². The minimum absolute atomic E-state index is 0.126. The van der Waals surface area contributed by atoms with Gasteiger partial charge in [0.1, 0.15) is 11.8 Å². The number of benzene rings is 1. The third-order valence-corrected chi connectivity index (χ3v) is 4.87. The van der Waals surface area contributed by atoms with Crippen LogP contribution in [0.5, 0.6) is 0 Å². The van der Waals surface area contributed by atoms with E-state index in [4.69, 9.17) is 0 Å². The molecular weight excluding hydrogens is 286 g/mol. The van der Waals surface area contributed by atoms with Gasteiger partial charge in [0.25, 0.3) is 0 Å². The normalized spacial score (nSPS) is 18.3. The second kappa shape index (κ2) is 5.92. The SMILES string of the molecule is CCC1=C(C#N)N(C)CCC1C(=O)c1cc2ccccc2n1C. The van der Waals surface area contributed by atoms with Crippen molar-refractivity contribution in [1.82, 2.24) is 9.47 Å². The first-order valence-corrected chi connectivity index (χ1v) is 8.01. The van der Waals surface area contributed by atoms with Gasteiger partial charge in [0.15, 0.2) is 5.78 Å². The van der Waals surface area contributed by atoms with Gasteiger partial charge in [-0.2, -0.15) is 5.26 Å². The number of carbonyl (C=O) groups excluding carboxylic acids is 1. The largest absolute Gasteiger partial charge is 0.366 e. The monoisotopic (exact) mass is 307 g/mol. The number of nitrogens with zero attached hydrogens (tertiary/aromatic N) is 3. The highest BCUT2D eigenvalue weighted by Gasteiger charge is 2.32. The summed E-state index contributed by atoms with van der Waals surface area (Å²) in [6, 6.07) is 12.3. The molecule has 1 unspecified atom stereocenters. The molecule has 1 aliphatic heterocycles. The molecule has 1 aromatic heterocycles. The van der Waals surface area contributed by atoms with E-state index in [2.05, 4.69) is 6.07 Å². The molecular formula is C19H21N3O. The summed E-state index contributed by atoms with van der Waals surface area (Å²) in [5, 5.41) is 10.5. The summed E-state index contributed by atoms with van der Waals surface area (Å²) >= 11 is 0. The average molecular weight is 307 g/mol. The molecule has 1 aromatic carbocycles. The Morgan fingerprint density at radius 2 is 2.09 bits per heavy atom. The number of hydrogen-bond donors (Lipinski definition) is 0. The molecule has 0 fully saturated rings. The van der Waals surface area contributed by atoms with E-state index in [1.165, 1.54) is 0 Å². The Balaban J connectivity index is 2.07. The lowest BCUT2D eigenvalue weighted by atomic mass is 9.84. The summed E-state index contributed by atoms with van der Waals surface area (Å²) in [5.41, 5.74) is 3.42. The van der Waals surface area contributed by atoms with Crippen LogP contribution in [0.1, 0.15) is 30.3 Å². The number of aryl methyl sites for hydroxylation is 1. The molecule has 0 spiro atoms. The maximum Gasteiger partial charge on any atom is 0.186 e. The Kier molecular flexibility index (Phi) is 3.96. The Bertz CT molecular complexity index is 838. The summed E-state index contributed by atoms with van der Waals surface area (Å²) in [6.45, 7) is 2.76. The van der Waals surface area contributed by atoms with E-state index in [1.807, 2.05) is 60.8 Å². The van der Waals surface area contributed by atoms with Crippen molar-refractivity contribution in [3.8, 4) is 6.07 Å². The zero-order valence-corrected chi connectivity index (χ0v) is 13.8. The molecule has 2 aromatic rings. The van der Waals surface area contributed by atoms with Gasteiger partial charge in [-0.15, -0.1) is 0 Å². The first kappa shape index (κ1) is 15.4. The average Bonchev–Trinajstić information content (AvgIpc) is 2.91. The number of nitriles is 1. The maximum atomic E-state index is 13.1. The molecule has 4 heteroatoms. The maximum absolute atomic E-state index is 13.1. The van der Waals surface area contributed by atoms with Gasteiger partial charge in [-0.25, -0.2) is 0 Å². The molecule has 118 valence electrons. The van der Waals surface area contributed by atoms with E-state index < -0.39 is 0 Å². The van der Waals surface area contributed by atoms with Crippen molar-refractivity contribution in [2.24, 2.45) is 13.0 Å². The molecule has 1 aliphatic rings. The van der Waals surface area contributed by atoms with Crippen LogP contribution in [0, 0.1) is 17.2 Å². The number of para-hydroxylation sites is 1. The van der Waals surface area contributed by atoms with Crippen LogP contribution < -0.4 is 0 Å². The summed E-state index contributed by atoms with van der Waals surface area (Å²) in [4.78, 5) is 15.1. The zero-order valence-electron chi connectivity index (χ0n) is 13.8. The summed E-state index contributed by atoms with van der Waals surface area (Å²) in [5.74, 6) is -0.0599. The highest BCUT2D eigenvalue weighted by Crippen LogP contribution is 2.32. The number of aromatic nitrogens is 1. The Labute approximate surface area is 136 Å². The van der Waals surface area contributed by atoms with Gasteiger partial charge in [-0.3, -0.25) is 4.79 Å². The fraction of sp³-hybridized carbons (Fsp3) is 0.368. The van der Waals surface area contributed by atoms with Crippen LogP contribution in [0.25, 0.3) is 10.9 Å². The first-order chi connectivity index (χ1) is 11.1. The lowest BCUT2D eigenvalue weighted by Crippen LogP contribution is -2.33. The minimum Gasteiger partial charge on any atom is -0.366 e. The van der Waals surface area contributed by atoms with E-state index in [0.717, 1.165) is 41.6 Å². The van der Waals surface area contributed by atoms with Crippen LogP contribution in [-0.2, 0) is 7.05 Å². The molecule has 0 saturated heterocycles. The number of rotatable bonds is 3. The van der Waals surface area contributed by atoms with Crippen LogP contribution in [0.15, 0.2) is 41.6 Å². The van der Waals surface area contributed by atoms with Crippen molar-refractivity contribution >= 4 is 16.7 Å². The van der Waals surface area contributed by atoms with Crippen molar-refractivity contribution in [1.29, 1.82) is 5.26 Å². The summed E-state index contributed by atoms with van der Waals surface area (Å²) in [7, 11) is 3.86. The molecule has 3 rings (SSSR count). The highest BCUT2D eigenvalue weighted by atomic mass is 16.1. The Morgan fingerprint density at radius 1 is 1.35 bits per heavy atom. The minimum atomic E-state index is -0.186. The van der Waals surface area contributed by atoms with Crippen LogP contribution >= 0.6 is 0 Å². The van der Waals surface area contributed by atoms with Gasteiger partial charge in [-0.1, -0.05) is 25.1 Å².